The molecule has 12 nitrogen and oxygen atoms in total. The average molecular weight is 458 g/mol. The third-order valence-corrected chi connectivity index (χ3v) is 6.10. The van der Waals surface area contributed by atoms with Crippen molar-refractivity contribution in [3.8, 4) is 5.69 Å². The molecule has 0 spiro atoms. The van der Waals surface area contributed by atoms with Gasteiger partial charge in [-0.15, -0.1) is 5.10 Å². The van der Waals surface area contributed by atoms with Crippen LogP contribution in [0.5, 0.6) is 0 Å². The fourth-order valence-electron chi connectivity index (χ4n) is 4.25. The molecule has 4 atom stereocenters. The van der Waals surface area contributed by atoms with Crippen LogP contribution in [0.25, 0.3) is 5.69 Å². The van der Waals surface area contributed by atoms with E-state index in [-0.39, 0.29) is 31.0 Å². The number of aromatic nitrogens is 7. The molecular weight excluding hydrogens is 438 g/mol. The highest BCUT2D eigenvalue weighted by Crippen LogP contribution is 2.48. The van der Waals surface area contributed by atoms with Crippen LogP contribution >= 0.6 is 11.6 Å². The lowest BCUT2D eigenvalue weighted by molar-refractivity contribution is -0.147. The van der Waals surface area contributed by atoms with Crippen molar-refractivity contribution in [2.45, 2.75) is 44.1 Å². The van der Waals surface area contributed by atoms with Crippen molar-refractivity contribution in [3.05, 3.63) is 47.8 Å². The Morgan fingerprint density at radius 2 is 2.16 bits per heavy atom. The SMILES string of the molecule is O=C(NCc1cc(Cl)ccc1-n1cnnn1)[C@@H]1C[C@@H]2C[C@@H]2N1C(=O)C(O)Cn1cncn1. The smallest absolute Gasteiger partial charge is 0.254 e. The van der Waals surface area contributed by atoms with Gasteiger partial charge in [0.1, 0.15) is 25.0 Å². The van der Waals surface area contributed by atoms with E-state index in [9.17, 15) is 14.7 Å². The van der Waals surface area contributed by atoms with Crippen LogP contribution in [0.4, 0.5) is 0 Å². The van der Waals surface area contributed by atoms with Crippen molar-refractivity contribution in [1.82, 2.24) is 45.2 Å². The number of carbonyl (C=O) groups is 2. The molecule has 2 aliphatic rings. The number of likely N-dealkylation sites (tertiary alicyclic amines) is 1. The Morgan fingerprint density at radius 1 is 1.28 bits per heavy atom. The topological polar surface area (TPSA) is 144 Å². The van der Waals surface area contributed by atoms with E-state index in [0.29, 0.717) is 17.1 Å². The number of benzene rings is 1. The number of piperidine rings is 1. The summed E-state index contributed by atoms with van der Waals surface area (Å²) in [5.41, 5.74) is 1.41. The largest absolute Gasteiger partial charge is 0.381 e. The third kappa shape index (κ3) is 3.94. The molecule has 1 unspecified atom stereocenters. The molecule has 5 rings (SSSR count). The summed E-state index contributed by atoms with van der Waals surface area (Å²) in [6, 6.07) is 4.57. The molecule has 1 aromatic carbocycles. The highest BCUT2D eigenvalue weighted by Gasteiger charge is 2.56. The minimum atomic E-state index is -1.30. The van der Waals surface area contributed by atoms with Gasteiger partial charge in [0.2, 0.25) is 5.91 Å². The molecule has 3 heterocycles. The first kappa shape index (κ1) is 20.5. The number of tetrazole rings is 1. The van der Waals surface area contributed by atoms with Crippen molar-refractivity contribution in [1.29, 1.82) is 0 Å². The number of halogens is 1. The summed E-state index contributed by atoms with van der Waals surface area (Å²) in [5.74, 6) is -0.458. The Balaban J connectivity index is 1.27. The first-order valence-corrected chi connectivity index (χ1v) is 10.5. The van der Waals surface area contributed by atoms with E-state index in [1.165, 1.54) is 33.2 Å². The van der Waals surface area contributed by atoms with Crippen molar-refractivity contribution in [2.75, 3.05) is 0 Å². The number of aliphatic hydroxyl groups excluding tert-OH is 1. The fourth-order valence-corrected chi connectivity index (χ4v) is 4.45. The second-order valence-corrected chi connectivity index (χ2v) is 8.38. The lowest BCUT2D eigenvalue weighted by Gasteiger charge is -2.28. The van der Waals surface area contributed by atoms with Crippen LogP contribution in [0.15, 0.2) is 37.2 Å². The number of amides is 2. The Hall–Kier alpha value is -3.38. The maximum Gasteiger partial charge on any atom is 0.254 e. The van der Waals surface area contributed by atoms with E-state index in [1.807, 2.05) is 0 Å². The molecule has 2 amide bonds. The number of hydrogen-bond acceptors (Lipinski definition) is 8. The average Bonchev–Trinajstić information content (AvgIpc) is 3.22. The Morgan fingerprint density at radius 3 is 2.91 bits per heavy atom. The van der Waals surface area contributed by atoms with Crippen molar-refractivity contribution in [3.63, 3.8) is 0 Å². The highest BCUT2D eigenvalue weighted by molar-refractivity contribution is 6.30. The number of carbonyl (C=O) groups excluding carboxylic acids is 2. The Kier molecular flexibility index (Phi) is 5.31. The van der Waals surface area contributed by atoms with Crippen LogP contribution in [0.1, 0.15) is 18.4 Å². The van der Waals surface area contributed by atoms with Gasteiger partial charge in [-0.25, -0.2) is 14.3 Å². The molecule has 2 aromatic heterocycles. The summed E-state index contributed by atoms with van der Waals surface area (Å²) < 4.78 is 2.87. The van der Waals surface area contributed by atoms with E-state index in [1.54, 1.807) is 18.2 Å². The summed E-state index contributed by atoms with van der Waals surface area (Å²) in [6.45, 7) is 0.169. The van der Waals surface area contributed by atoms with E-state index >= 15 is 0 Å². The molecular formula is C19H20ClN9O3. The molecule has 0 bridgehead atoms. The third-order valence-electron chi connectivity index (χ3n) is 5.86. The second kappa shape index (κ2) is 8.28. The second-order valence-electron chi connectivity index (χ2n) is 7.94. The van der Waals surface area contributed by atoms with Gasteiger partial charge in [0.25, 0.3) is 5.91 Å². The minimum Gasteiger partial charge on any atom is -0.381 e. The zero-order valence-corrected chi connectivity index (χ0v) is 17.6. The standard InChI is InChI=1S/C19H20ClN9O3/c20-13-1-2-14(28-10-23-25-26-28)12(3-13)6-22-18(31)16-5-11-4-15(11)29(16)19(32)17(30)7-27-9-21-8-24-27/h1-3,8-11,15-17,30H,4-7H2,(H,22,31)/t11-,15-,16-,17?/m0/s1. The van der Waals surface area contributed by atoms with E-state index in [0.717, 1.165) is 12.0 Å². The van der Waals surface area contributed by atoms with E-state index < -0.39 is 18.1 Å². The summed E-state index contributed by atoms with van der Waals surface area (Å²) in [7, 11) is 0. The molecule has 2 fully saturated rings. The Labute approximate surface area is 187 Å². The predicted octanol–water partition coefficient (Wildman–Crippen LogP) is -0.426. The van der Waals surface area contributed by atoms with Crippen LogP contribution in [0.2, 0.25) is 5.02 Å². The van der Waals surface area contributed by atoms with Gasteiger partial charge in [-0.2, -0.15) is 5.10 Å². The Bertz CT molecular complexity index is 1120. The molecule has 1 saturated heterocycles. The van der Waals surface area contributed by atoms with Crippen LogP contribution in [-0.2, 0) is 22.7 Å². The molecule has 1 aliphatic carbocycles. The lowest BCUT2D eigenvalue weighted by atomic mass is 10.1. The van der Waals surface area contributed by atoms with E-state index in [4.69, 9.17) is 11.6 Å². The summed E-state index contributed by atoms with van der Waals surface area (Å²) in [6.07, 6.45) is 4.34. The van der Waals surface area contributed by atoms with Crippen LogP contribution in [-0.4, -0.2) is 75.0 Å². The summed E-state index contributed by atoms with van der Waals surface area (Å²) >= 11 is 6.14. The van der Waals surface area contributed by atoms with Gasteiger partial charge in [-0.05, 0) is 52.9 Å². The van der Waals surface area contributed by atoms with Gasteiger partial charge in [0.05, 0.1) is 12.2 Å². The first-order valence-electron chi connectivity index (χ1n) is 10.1. The number of fused-ring (bicyclic) bond motifs is 1. The zero-order valence-electron chi connectivity index (χ0n) is 16.8. The normalized spacial score (nSPS) is 22.4. The summed E-state index contributed by atoms with van der Waals surface area (Å²) in [5, 5.41) is 28.9. The monoisotopic (exact) mass is 457 g/mol. The number of nitrogens with one attached hydrogen (secondary N) is 1. The summed E-state index contributed by atoms with van der Waals surface area (Å²) in [4.78, 5) is 31.3. The molecule has 13 heteroatoms. The van der Waals surface area contributed by atoms with Crippen LogP contribution < -0.4 is 5.32 Å². The number of aliphatic hydroxyl groups is 1. The molecule has 1 saturated carbocycles. The minimum absolute atomic E-state index is 0.00778. The van der Waals surface area contributed by atoms with Gasteiger partial charge in [-0.1, -0.05) is 11.6 Å². The van der Waals surface area contributed by atoms with Gasteiger partial charge in [0, 0.05) is 17.6 Å². The molecule has 32 heavy (non-hydrogen) atoms. The molecule has 1 aliphatic heterocycles. The molecule has 0 radical (unpaired) electrons. The van der Waals surface area contributed by atoms with Crippen LogP contribution in [0.3, 0.4) is 0 Å². The number of nitrogens with zero attached hydrogens (tertiary/aromatic N) is 8. The van der Waals surface area contributed by atoms with Gasteiger partial charge >= 0.3 is 0 Å². The van der Waals surface area contributed by atoms with Gasteiger partial charge in [-0.3, -0.25) is 9.59 Å². The van der Waals surface area contributed by atoms with Crippen molar-refractivity contribution < 1.29 is 14.7 Å². The molecule has 166 valence electrons. The molecule has 3 aromatic rings. The van der Waals surface area contributed by atoms with Gasteiger partial charge in [0.15, 0.2) is 6.10 Å². The van der Waals surface area contributed by atoms with E-state index in [2.05, 4.69) is 30.9 Å². The number of hydrogen-bond donors (Lipinski definition) is 2. The fraction of sp³-hybridized carbons (Fsp3) is 0.421. The molecule has 2 N–H and O–H groups in total. The highest BCUT2D eigenvalue weighted by atomic mass is 35.5. The maximum absolute atomic E-state index is 13.0. The lowest BCUT2D eigenvalue weighted by Crippen LogP contribution is -2.51. The van der Waals surface area contributed by atoms with Gasteiger partial charge < -0.3 is 15.3 Å². The first-order chi connectivity index (χ1) is 15.5. The van der Waals surface area contributed by atoms with Crippen molar-refractivity contribution >= 4 is 23.4 Å². The maximum atomic E-state index is 13.0. The van der Waals surface area contributed by atoms with Crippen LogP contribution in [0, 0.1) is 5.92 Å². The van der Waals surface area contributed by atoms with Crippen molar-refractivity contribution in [2.24, 2.45) is 5.92 Å². The zero-order chi connectivity index (χ0) is 22.2. The number of rotatable bonds is 7. The quantitative estimate of drug-likeness (QED) is 0.486. The predicted molar refractivity (Wildman–Crippen MR) is 109 cm³/mol.